The molecule has 0 aromatic heterocycles. The molecule has 3 aromatic carbocycles. The van der Waals surface area contributed by atoms with Gasteiger partial charge in [0, 0.05) is 25.6 Å². The molecule has 0 bridgehead atoms. The summed E-state index contributed by atoms with van der Waals surface area (Å²) < 4.78 is 0. The highest BCUT2D eigenvalue weighted by Crippen LogP contribution is 2.18. The summed E-state index contributed by atoms with van der Waals surface area (Å²) in [6, 6.07) is 16.2. The van der Waals surface area contributed by atoms with Crippen molar-refractivity contribution in [2.45, 2.75) is 62.7 Å². The second kappa shape index (κ2) is 18.6. The number of phenols is 1. The second-order valence-corrected chi connectivity index (χ2v) is 12.3. The summed E-state index contributed by atoms with van der Waals surface area (Å²) in [5, 5.41) is 23.1. The third kappa shape index (κ3) is 12.4. The van der Waals surface area contributed by atoms with Crippen LogP contribution < -0.4 is 44.2 Å². The molecule has 15 nitrogen and oxygen atoms in total. The third-order valence-electron chi connectivity index (χ3n) is 8.24. The lowest BCUT2D eigenvalue weighted by atomic mass is 10.00. The van der Waals surface area contributed by atoms with Gasteiger partial charge in [-0.1, -0.05) is 60.7 Å². The maximum atomic E-state index is 13.8. The van der Waals surface area contributed by atoms with Gasteiger partial charge in [0.05, 0.1) is 6.04 Å². The number of guanidine groups is 2. The van der Waals surface area contributed by atoms with Gasteiger partial charge in [-0.25, -0.2) is 0 Å². The fourth-order valence-electron chi connectivity index (χ4n) is 5.66. The highest BCUT2D eigenvalue weighted by Gasteiger charge is 2.30. The van der Waals surface area contributed by atoms with Crippen molar-refractivity contribution in [3.05, 3.63) is 90.0 Å². The average Bonchev–Trinajstić information content (AvgIpc) is 3.09. The van der Waals surface area contributed by atoms with Gasteiger partial charge in [-0.15, -0.1) is 0 Å². The number of aliphatic imine (C=N–C) groups is 2. The van der Waals surface area contributed by atoms with E-state index in [9.17, 15) is 24.3 Å². The van der Waals surface area contributed by atoms with Crippen LogP contribution in [0.2, 0.25) is 0 Å². The van der Waals surface area contributed by atoms with Crippen LogP contribution in [0.1, 0.15) is 36.8 Å². The third-order valence-corrected chi connectivity index (χ3v) is 8.24. The lowest BCUT2D eigenvalue weighted by Crippen LogP contribution is -2.58. The number of nitrogens with zero attached hydrogens (tertiary/aromatic N) is 2. The Morgan fingerprint density at radius 2 is 1.18 bits per heavy atom. The number of aromatic hydroxyl groups is 1. The Bertz CT molecular complexity index is 1770. The van der Waals surface area contributed by atoms with Crippen molar-refractivity contribution in [2.24, 2.45) is 32.9 Å². The fourth-order valence-corrected chi connectivity index (χ4v) is 5.66. The zero-order valence-electron chi connectivity index (χ0n) is 28.3. The molecule has 0 spiro atoms. The van der Waals surface area contributed by atoms with Gasteiger partial charge < -0.3 is 49.3 Å². The van der Waals surface area contributed by atoms with Crippen LogP contribution in [0.4, 0.5) is 0 Å². The van der Waals surface area contributed by atoms with Crippen molar-refractivity contribution in [3.8, 4) is 5.75 Å². The van der Waals surface area contributed by atoms with Crippen LogP contribution in [-0.4, -0.2) is 77.9 Å². The molecular formula is C36H46N10O5. The summed E-state index contributed by atoms with van der Waals surface area (Å²) in [4.78, 5) is 62.7. The zero-order chi connectivity index (χ0) is 36.8. The van der Waals surface area contributed by atoms with Crippen molar-refractivity contribution in [1.82, 2.24) is 21.3 Å². The van der Waals surface area contributed by atoms with Crippen molar-refractivity contribution < 1.29 is 24.3 Å². The Labute approximate surface area is 296 Å². The molecule has 4 rings (SSSR count). The molecule has 0 saturated heterocycles. The molecule has 51 heavy (non-hydrogen) atoms. The molecule has 0 aliphatic carbocycles. The Kier molecular flexibility index (Phi) is 13.7. The lowest BCUT2D eigenvalue weighted by Gasteiger charge is -2.27. The largest absolute Gasteiger partial charge is 0.508 e. The van der Waals surface area contributed by atoms with E-state index in [2.05, 4.69) is 31.3 Å². The van der Waals surface area contributed by atoms with Gasteiger partial charge in [-0.05, 0) is 66.1 Å². The fraction of sp³-hybridized carbons (Fsp3) is 0.333. The predicted molar refractivity (Wildman–Crippen MR) is 196 cm³/mol. The van der Waals surface area contributed by atoms with Crippen LogP contribution in [0.5, 0.6) is 5.75 Å². The van der Waals surface area contributed by atoms with Crippen molar-refractivity contribution in [2.75, 3.05) is 13.1 Å². The molecular weight excluding hydrogens is 652 g/mol. The summed E-state index contributed by atoms with van der Waals surface area (Å²) in [6.07, 6.45) is 4.24. The summed E-state index contributed by atoms with van der Waals surface area (Å²) >= 11 is 0. The first-order valence-electron chi connectivity index (χ1n) is 16.7. The Balaban J connectivity index is 1.68. The van der Waals surface area contributed by atoms with E-state index in [1.807, 2.05) is 42.5 Å². The first-order valence-corrected chi connectivity index (χ1v) is 16.7. The van der Waals surface area contributed by atoms with Crippen molar-refractivity contribution >= 4 is 46.3 Å². The monoisotopic (exact) mass is 698 g/mol. The molecule has 13 N–H and O–H groups in total. The Morgan fingerprint density at radius 1 is 0.627 bits per heavy atom. The molecule has 3 aromatic rings. The predicted octanol–water partition coefficient (Wildman–Crippen LogP) is -0.0532. The number of fused-ring (bicyclic) bond motifs is 1. The average molecular weight is 699 g/mol. The second-order valence-electron chi connectivity index (χ2n) is 12.3. The van der Waals surface area contributed by atoms with E-state index in [0.717, 1.165) is 16.3 Å². The summed E-state index contributed by atoms with van der Waals surface area (Å²) in [7, 11) is 0. The molecule has 1 aliphatic rings. The summed E-state index contributed by atoms with van der Waals surface area (Å²) in [5.41, 5.74) is 23.4. The molecule has 0 saturated carbocycles. The lowest BCUT2D eigenvalue weighted by molar-refractivity contribution is -0.133. The summed E-state index contributed by atoms with van der Waals surface area (Å²) in [6.45, 7) is 0.416. The van der Waals surface area contributed by atoms with Gasteiger partial charge in [0.1, 0.15) is 23.9 Å². The van der Waals surface area contributed by atoms with E-state index >= 15 is 0 Å². The minimum absolute atomic E-state index is 0.0473. The zero-order valence-corrected chi connectivity index (χ0v) is 28.3. The number of amides is 4. The van der Waals surface area contributed by atoms with Gasteiger partial charge >= 0.3 is 0 Å². The molecule has 0 fully saturated rings. The number of nitrogens with two attached hydrogens (primary N) is 4. The minimum atomic E-state index is -1.11. The highest BCUT2D eigenvalue weighted by atomic mass is 16.3. The van der Waals surface area contributed by atoms with Crippen LogP contribution in [0, 0.1) is 0 Å². The molecule has 4 amide bonds. The number of hydrogen-bond donors (Lipinski definition) is 9. The SMILES string of the molecule is NC(N)=NCCC[C@@H]1NC(=O)[C@@H](CCCN=C(N)N)NC(=O)[C@@H](Cc2ccc(O)cc2)NC(=O)/C=C/[C@H](Cc2ccc3ccccc3c2)NC1=O. The van der Waals surface area contributed by atoms with Gasteiger partial charge in [-0.2, -0.15) is 0 Å². The van der Waals surface area contributed by atoms with Crippen LogP contribution in [-0.2, 0) is 32.0 Å². The van der Waals surface area contributed by atoms with E-state index in [-0.39, 0.29) is 50.0 Å². The first-order chi connectivity index (χ1) is 24.5. The number of carbonyl (C=O) groups is 4. The van der Waals surface area contributed by atoms with Crippen LogP contribution >= 0.6 is 0 Å². The minimum Gasteiger partial charge on any atom is -0.508 e. The Hall–Kier alpha value is -6.12. The number of phenolic OH excluding ortho intramolecular Hbond substituents is 1. The Morgan fingerprint density at radius 3 is 1.78 bits per heavy atom. The number of carbonyl (C=O) groups excluding carboxylic acids is 4. The summed E-state index contributed by atoms with van der Waals surface area (Å²) in [5.74, 6) is -2.46. The molecule has 15 heteroatoms. The topological polar surface area (TPSA) is 265 Å². The maximum Gasteiger partial charge on any atom is 0.244 e. The normalized spacial score (nSPS) is 20.5. The van der Waals surface area contributed by atoms with Gasteiger partial charge in [0.2, 0.25) is 23.6 Å². The van der Waals surface area contributed by atoms with Crippen LogP contribution in [0.25, 0.3) is 10.8 Å². The van der Waals surface area contributed by atoms with E-state index in [4.69, 9.17) is 22.9 Å². The number of benzene rings is 3. The molecule has 1 heterocycles. The smallest absolute Gasteiger partial charge is 0.244 e. The highest BCUT2D eigenvalue weighted by molar-refractivity contribution is 5.96. The van der Waals surface area contributed by atoms with Gasteiger partial charge in [-0.3, -0.25) is 29.2 Å². The quantitative estimate of drug-likeness (QED) is 0.0696. The number of hydrogen-bond acceptors (Lipinski definition) is 7. The van der Waals surface area contributed by atoms with E-state index in [1.165, 1.54) is 18.2 Å². The van der Waals surface area contributed by atoms with E-state index < -0.39 is 47.8 Å². The van der Waals surface area contributed by atoms with Crippen LogP contribution in [0.15, 0.2) is 88.9 Å². The molecule has 4 atom stereocenters. The van der Waals surface area contributed by atoms with E-state index in [1.54, 1.807) is 18.2 Å². The van der Waals surface area contributed by atoms with Gasteiger partial charge in [0.25, 0.3) is 0 Å². The standard InChI is InChI=1S/C36H46N10O5/c37-35(38)41-17-3-7-28-32(49)43-26(20-23-9-12-24-5-1-2-6-25(24)19-23)13-16-31(48)44-30(21-22-10-14-27(47)15-11-22)34(51)46-29(33(50)45-28)8-4-18-42-36(39)40/h1-2,5-6,9-16,19,26,28-30,47H,3-4,7-8,17-18,20-21H2,(H,43,49)(H,44,48)(H,45,50)(H,46,51)(H4,37,38,41)(H4,39,40,42)/b16-13+/t26-,28+,29-,30-/m1/s1. The number of rotatable bonds is 12. The molecule has 0 radical (unpaired) electrons. The number of nitrogens with one attached hydrogen (secondary N) is 4. The van der Waals surface area contributed by atoms with Gasteiger partial charge in [0.15, 0.2) is 11.9 Å². The first kappa shape index (κ1) is 37.7. The molecule has 1 aliphatic heterocycles. The van der Waals surface area contributed by atoms with Crippen molar-refractivity contribution in [1.29, 1.82) is 0 Å². The van der Waals surface area contributed by atoms with Crippen LogP contribution in [0.3, 0.4) is 0 Å². The molecule has 270 valence electrons. The molecule has 0 unspecified atom stereocenters. The van der Waals surface area contributed by atoms with Crippen molar-refractivity contribution in [3.63, 3.8) is 0 Å². The van der Waals surface area contributed by atoms with E-state index in [0.29, 0.717) is 24.8 Å². The maximum absolute atomic E-state index is 13.8.